The third kappa shape index (κ3) is 2.98. The molecular formula is C19H20F2N4O2S. The highest BCUT2D eigenvalue weighted by atomic mass is 32.1. The van der Waals surface area contributed by atoms with Gasteiger partial charge in [0, 0.05) is 49.4 Å². The highest BCUT2D eigenvalue weighted by Gasteiger charge is 2.35. The first-order valence-electron chi connectivity index (χ1n) is 9.29. The number of methoxy groups -OCH3 is 1. The molecule has 3 aromatic rings. The third-order valence-corrected chi connectivity index (χ3v) is 6.31. The molecule has 2 bridgehead atoms. The number of ether oxygens (including phenoxy) is 1. The lowest BCUT2D eigenvalue weighted by Gasteiger charge is -2.31. The van der Waals surface area contributed by atoms with Gasteiger partial charge in [-0.1, -0.05) is 6.07 Å². The summed E-state index contributed by atoms with van der Waals surface area (Å²) in [4.78, 5) is 11.1. The molecule has 0 radical (unpaired) electrons. The Bertz CT molecular complexity index is 966. The van der Waals surface area contributed by atoms with Gasteiger partial charge in [-0.3, -0.25) is 0 Å². The van der Waals surface area contributed by atoms with Crippen LogP contribution in [0.2, 0.25) is 0 Å². The molecule has 0 amide bonds. The van der Waals surface area contributed by atoms with Crippen LogP contribution < -0.4 is 10.2 Å². The molecule has 2 aliphatic rings. The number of aromatic nitrogens is 2. The van der Waals surface area contributed by atoms with E-state index in [1.165, 1.54) is 18.4 Å². The fourth-order valence-corrected chi connectivity index (χ4v) is 4.88. The molecule has 1 aromatic carbocycles. The number of rotatable bonds is 5. The van der Waals surface area contributed by atoms with Crippen LogP contribution in [-0.4, -0.2) is 48.7 Å². The summed E-state index contributed by atoms with van der Waals surface area (Å²) in [5, 5.41) is 6.21. The summed E-state index contributed by atoms with van der Waals surface area (Å²) in [7, 11) is 1.28. The van der Waals surface area contributed by atoms with Crippen molar-refractivity contribution in [2.45, 2.75) is 37.5 Å². The molecule has 0 aliphatic carbocycles. The molecule has 4 heterocycles. The summed E-state index contributed by atoms with van der Waals surface area (Å²) in [6, 6.07) is 4.72. The van der Waals surface area contributed by atoms with Crippen molar-refractivity contribution in [3.8, 4) is 10.6 Å². The van der Waals surface area contributed by atoms with Crippen LogP contribution >= 0.6 is 11.3 Å². The molecule has 148 valence electrons. The van der Waals surface area contributed by atoms with Crippen LogP contribution in [0.15, 0.2) is 28.1 Å². The molecule has 2 fully saturated rings. The minimum absolute atomic E-state index is 0.334. The number of nitrogens with one attached hydrogen (secondary N) is 1. The number of hydrogen-bond donors (Lipinski definition) is 1. The van der Waals surface area contributed by atoms with Crippen LogP contribution in [0.25, 0.3) is 21.7 Å². The maximum atomic E-state index is 13.5. The maximum Gasteiger partial charge on any atom is 0.298 e. The quantitative estimate of drug-likeness (QED) is 0.695. The van der Waals surface area contributed by atoms with Crippen LogP contribution in [0, 0.1) is 0 Å². The molecule has 9 heteroatoms. The van der Waals surface area contributed by atoms with Crippen LogP contribution in [0.5, 0.6) is 0 Å². The second-order valence-electron chi connectivity index (χ2n) is 7.25. The smallest absolute Gasteiger partial charge is 0.298 e. The standard InChI is InChI=1S/C19H20F2N4O2S/c1-26-16(17(20)21)12-4-5-13(18-22-6-7-28-18)15-14(12)24-19(27-15)25-8-10-2-3-11(9-25)23-10/h4-7,10-11,16-17,23H,2-3,8-9H2,1H3. The van der Waals surface area contributed by atoms with Crippen LogP contribution in [0.1, 0.15) is 24.5 Å². The van der Waals surface area contributed by atoms with Gasteiger partial charge in [-0.25, -0.2) is 13.8 Å². The van der Waals surface area contributed by atoms with Gasteiger partial charge in [0.25, 0.3) is 12.4 Å². The normalized spacial score (nSPS) is 23.1. The largest absolute Gasteiger partial charge is 0.423 e. The monoisotopic (exact) mass is 406 g/mol. The highest BCUT2D eigenvalue weighted by molar-refractivity contribution is 7.13. The van der Waals surface area contributed by atoms with Gasteiger partial charge in [-0.05, 0) is 18.9 Å². The van der Waals surface area contributed by atoms with Gasteiger partial charge in [0.1, 0.15) is 16.6 Å². The first-order chi connectivity index (χ1) is 13.6. The van der Waals surface area contributed by atoms with E-state index in [9.17, 15) is 8.78 Å². The number of piperazine rings is 1. The van der Waals surface area contributed by atoms with E-state index in [1.807, 2.05) is 5.38 Å². The van der Waals surface area contributed by atoms with Gasteiger partial charge >= 0.3 is 0 Å². The van der Waals surface area contributed by atoms with Crippen molar-refractivity contribution in [1.29, 1.82) is 0 Å². The lowest BCUT2D eigenvalue weighted by Crippen LogP contribution is -2.51. The summed E-state index contributed by atoms with van der Waals surface area (Å²) in [6.07, 6.45) is -0.0381. The van der Waals surface area contributed by atoms with E-state index in [0.29, 0.717) is 34.8 Å². The van der Waals surface area contributed by atoms with Crippen molar-refractivity contribution in [2.75, 3.05) is 25.1 Å². The summed E-state index contributed by atoms with van der Waals surface area (Å²) in [5.41, 5.74) is 1.99. The fraction of sp³-hybridized carbons (Fsp3) is 0.474. The number of alkyl halides is 2. The minimum atomic E-state index is -2.66. The molecule has 5 rings (SSSR count). The van der Waals surface area contributed by atoms with E-state index in [0.717, 1.165) is 36.5 Å². The molecule has 3 atom stereocenters. The molecule has 0 saturated carbocycles. The average Bonchev–Trinajstić information content (AvgIpc) is 3.42. The van der Waals surface area contributed by atoms with Gasteiger partial charge in [0.15, 0.2) is 5.58 Å². The number of halogens is 2. The van der Waals surface area contributed by atoms with E-state index in [-0.39, 0.29) is 0 Å². The second-order valence-corrected chi connectivity index (χ2v) is 8.14. The Hall–Kier alpha value is -2.10. The van der Waals surface area contributed by atoms with Crippen molar-refractivity contribution < 1.29 is 17.9 Å². The summed E-state index contributed by atoms with van der Waals surface area (Å²) >= 11 is 1.47. The Kier molecular flexibility index (Phi) is 4.53. The molecule has 2 aliphatic heterocycles. The van der Waals surface area contributed by atoms with E-state index < -0.39 is 12.5 Å². The van der Waals surface area contributed by atoms with Gasteiger partial charge in [0.2, 0.25) is 0 Å². The number of nitrogens with zero attached hydrogens (tertiary/aromatic N) is 3. The second kappa shape index (κ2) is 7.06. The van der Waals surface area contributed by atoms with E-state index in [4.69, 9.17) is 9.15 Å². The lowest BCUT2D eigenvalue weighted by atomic mass is 10.0. The van der Waals surface area contributed by atoms with Crippen molar-refractivity contribution >= 4 is 28.5 Å². The molecule has 1 N–H and O–H groups in total. The molecule has 28 heavy (non-hydrogen) atoms. The Morgan fingerprint density at radius 3 is 2.71 bits per heavy atom. The number of hydrogen-bond acceptors (Lipinski definition) is 7. The first kappa shape index (κ1) is 18.0. The first-order valence-corrected chi connectivity index (χ1v) is 10.2. The van der Waals surface area contributed by atoms with Crippen molar-refractivity contribution in [3.05, 3.63) is 29.3 Å². The van der Waals surface area contributed by atoms with Crippen molar-refractivity contribution in [1.82, 2.24) is 15.3 Å². The summed E-state index contributed by atoms with van der Waals surface area (Å²) in [6.45, 7) is 1.60. The van der Waals surface area contributed by atoms with Crippen molar-refractivity contribution in [3.63, 3.8) is 0 Å². The zero-order valence-electron chi connectivity index (χ0n) is 15.3. The zero-order chi connectivity index (χ0) is 19.3. The van der Waals surface area contributed by atoms with Gasteiger partial charge in [0.05, 0.1) is 5.56 Å². The predicted molar refractivity (Wildman–Crippen MR) is 103 cm³/mol. The average molecular weight is 406 g/mol. The molecular weight excluding hydrogens is 386 g/mol. The fourth-order valence-electron chi connectivity index (χ4n) is 4.22. The Balaban J connectivity index is 1.64. The Morgan fingerprint density at radius 1 is 1.29 bits per heavy atom. The van der Waals surface area contributed by atoms with Gasteiger partial charge < -0.3 is 19.4 Å². The minimum Gasteiger partial charge on any atom is -0.423 e. The molecule has 2 saturated heterocycles. The maximum absolute atomic E-state index is 13.5. The third-order valence-electron chi connectivity index (χ3n) is 5.50. The summed E-state index contributed by atoms with van der Waals surface area (Å²) in [5.74, 6) is 0. The van der Waals surface area contributed by atoms with Gasteiger partial charge in [-0.15, -0.1) is 11.3 Å². The molecule has 0 spiro atoms. The predicted octanol–water partition coefficient (Wildman–Crippen LogP) is 3.84. The van der Waals surface area contributed by atoms with Gasteiger partial charge in [-0.2, -0.15) is 4.98 Å². The molecule has 2 aromatic heterocycles. The number of thiazole rings is 1. The van der Waals surface area contributed by atoms with Crippen molar-refractivity contribution in [2.24, 2.45) is 0 Å². The molecule has 6 nitrogen and oxygen atoms in total. The summed E-state index contributed by atoms with van der Waals surface area (Å²) < 4.78 is 38.3. The topological polar surface area (TPSA) is 63.4 Å². The van der Waals surface area contributed by atoms with Crippen LogP contribution in [0.3, 0.4) is 0 Å². The SMILES string of the molecule is COC(c1ccc(-c2nccs2)c2oc(N3CC4CCC(C3)N4)nc12)C(F)F. The van der Waals surface area contributed by atoms with E-state index >= 15 is 0 Å². The lowest BCUT2D eigenvalue weighted by molar-refractivity contribution is -0.0335. The molecule has 3 unspecified atom stereocenters. The number of oxazole rings is 1. The number of fused-ring (bicyclic) bond motifs is 3. The zero-order valence-corrected chi connectivity index (χ0v) is 16.1. The van der Waals surface area contributed by atoms with E-state index in [2.05, 4.69) is 20.2 Å². The Morgan fingerprint density at radius 2 is 2.07 bits per heavy atom. The van der Waals surface area contributed by atoms with E-state index in [1.54, 1.807) is 18.3 Å². The highest BCUT2D eigenvalue weighted by Crippen LogP contribution is 2.39. The number of anilines is 1. The number of benzene rings is 1. The van der Waals surface area contributed by atoms with Crippen LogP contribution in [0.4, 0.5) is 14.8 Å². The Labute approximate surface area is 164 Å². The van der Waals surface area contributed by atoms with Crippen LogP contribution in [-0.2, 0) is 4.74 Å².